The average Bonchev–Trinajstić information content (AvgIpc) is 3.55. The Kier molecular flexibility index (Phi) is 6.29. The van der Waals surface area contributed by atoms with Crippen LogP contribution >= 0.6 is 0 Å². The van der Waals surface area contributed by atoms with Crippen LogP contribution in [0.1, 0.15) is 22.8 Å². The number of nitrogens with one attached hydrogen (secondary N) is 2. The van der Waals surface area contributed by atoms with Crippen LogP contribution in [0.2, 0.25) is 0 Å². The summed E-state index contributed by atoms with van der Waals surface area (Å²) in [6.07, 6.45) is 4.88. The number of fused-ring (bicyclic) bond motifs is 1. The van der Waals surface area contributed by atoms with Gasteiger partial charge < -0.3 is 15.1 Å². The lowest BCUT2D eigenvalue weighted by atomic mass is 9.90. The van der Waals surface area contributed by atoms with Gasteiger partial charge in [0.05, 0.1) is 36.9 Å². The van der Waals surface area contributed by atoms with Crippen molar-refractivity contribution in [2.45, 2.75) is 19.0 Å². The molecular weight excluding hydrogens is 428 g/mol. The SMILES string of the molecule is O=C(NCCn1ncc2c(NCc3ccco3)ncnc21)C(c1ccccc1)c1ccccc1. The number of hydrogen-bond acceptors (Lipinski definition) is 6. The minimum absolute atomic E-state index is 0.0516. The molecule has 0 saturated heterocycles. The van der Waals surface area contributed by atoms with Crippen LogP contribution < -0.4 is 10.6 Å². The Bertz CT molecular complexity index is 1310. The molecule has 0 atom stereocenters. The molecule has 5 aromatic rings. The van der Waals surface area contributed by atoms with Crippen LogP contribution in [0.4, 0.5) is 5.82 Å². The van der Waals surface area contributed by atoms with Crippen molar-refractivity contribution in [1.82, 2.24) is 25.1 Å². The molecule has 170 valence electrons. The first-order valence-electron chi connectivity index (χ1n) is 11.1. The van der Waals surface area contributed by atoms with Crippen LogP contribution in [0, 0.1) is 0 Å². The van der Waals surface area contributed by atoms with E-state index in [2.05, 4.69) is 25.7 Å². The van der Waals surface area contributed by atoms with E-state index in [0.29, 0.717) is 31.1 Å². The zero-order valence-corrected chi connectivity index (χ0v) is 18.5. The predicted octanol–water partition coefficient (Wildman–Crippen LogP) is 3.98. The van der Waals surface area contributed by atoms with Crippen LogP contribution in [-0.2, 0) is 17.9 Å². The van der Waals surface area contributed by atoms with Crippen LogP contribution in [-0.4, -0.2) is 32.2 Å². The number of anilines is 1. The van der Waals surface area contributed by atoms with Gasteiger partial charge in [0, 0.05) is 6.54 Å². The van der Waals surface area contributed by atoms with E-state index in [1.807, 2.05) is 72.8 Å². The van der Waals surface area contributed by atoms with Crippen molar-refractivity contribution in [3.05, 3.63) is 108 Å². The highest BCUT2D eigenvalue weighted by Crippen LogP contribution is 2.25. The first-order valence-corrected chi connectivity index (χ1v) is 11.1. The molecule has 34 heavy (non-hydrogen) atoms. The molecule has 0 saturated carbocycles. The number of rotatable bonds is 9. The van der Waals surface area contributed by atoms with Gasteiger partial charge in [-0.2, -0.15) is 5.10 Å². The normalized spacial score (nSPS) is 11.1. The third kappa shape index (κ3) is 4.66. The van der Waals surface area contributed by atoms with Crippen molar-refractivity contribution in [1.29, 1.82) is 0 Å². The summed E-state index contributed by atoms with van der Waals surface area (Å²) in [7, 11) is 0. The Morgan fingerprint density at radius 3 is 2.35 bits per heavy atom. The first-order chi connectivity index (χ1) is 16.8. The molecule has 3 aromatic heterocycles. The molecule has 1 amide bonds. The number of hydrogen-bond donors (Lipinski definition) is 2. The van der Waals surface area contributed by atoms with Gasteiger partial charge in [0.25, 0.3) is 0 Å². The highest BCUT2D eigenvalue weighted by molar-refractivity contribution is 5.87. The van der Waals surface area contributed by atoms with Crippen molar-refractivity contribution in [3.8, 4) is 0 Å². The molecular formula is C26H24N6O2. The fraction of sp³-hybridized carbons (Fsp3) is 0.154. The summed E-state index contributed by atoms with van der Waals surface area (Å²) in [5.41, 5.74) is 2.61. The van der Waals surface area contributed by atoms with Crippen molar-refractivity contribution < 1.29 is 9.21 Å². The molecule has 0 bridgehead atoms. The van der Waals surface area contributed by atoms with Crippen LogP contribution in [0.15, 0.2) is 96.0 Å². The number of carbonyl (C=O) groups excluding carboxylic acids is 1. The summed E-state index contributed by atoms with van der Waals surface area (Å²) in [4.78, 5) is 21.9. The van der Waals surface area contributed by atoms with Crippen molar-refractivity contribution in [3.63, 3.8) is 0 Å². The van der Waals surface area contributed by atoms with Gasteiger partial charge in [0.2, 0.25) is 5.91 Å². The lowest BCUT2D eigenvalue weighted by Crippen LogP contribution is -2.32. The molecule has 0 radical (unpaired) electrons. The monoisotopic (exact) mass is 452 g/mol. The number of amides is 1. The molecule has 8 heteroatoms. The van der Waals surface area contributed by atoms with Crippen molar-refractivity contribution in [2.75, 3.05) is 11.9 Å². The quantitative estimate of drug-likeness (QED) is 0.351. The van der Waals surface area contributed by atoms with Gasteiger partial charge >= 0.3 is 0 Å². The van der Waals surface area contributed by atoms with Gasteiger partial charge in [-0.25, -0.2) is 14.6 Å². The lowest BCUT2D eigenvalue weighted by molar-refractivity contribution is -0.121. The molecule has 2 aromatic carbocycles. The molecule has 8 nitrogen and oxygen atoms in total. The molecule has 0 aliphatic heterocycles. The standard InChI is InChI=1S/C26H24N6O2/c33-26(23(19-8-3-1-4-9-19)20-10-5-2-6-11-20)27-13-14-32-25-22(17-31-32)24(29-18-30-25)28-16-21-12-7-15-34-21/h1-12,15,17-18,23H,13-14,16H2,(H,27,33)(H,28,29,30). The third-order valence-electron chi connectivity index (χ3n) is 5.59. The number of benzene rings is 2. The number of nitrogens with zero attached hydrogens (tertiary/aromatic N) is 4. The lowest BCUT2D eigenvalue weighted by Gasteiger charge is -2.18. The molecule has 0 fully saturated rings. The summed E-state index contributed by atoms with van der Waals surface area (Å²) in [6.45, 7) is 1.42. The number of aromatic nitrogens is 4. The molecule has 5 rings (SSSR count). The van der Waals surface area contributed by atoms with E-state index < -0.39 is 0 Å². The summed E-state index contributed by atoms with van der Waals surface area (Å²) in [6, 6.07) is 23.4. The Morgan fingerprint density at radius 1 is 0.941 bits per heavy atom. The minimum atomic E-state index is -0.378. The van der Waals surface area contributed by atoms with Gasteiger partial charge in [-0.05, 0) is 23.3 Å². The molecule has 0 unspecified atom stereocenters. The zero-order valence-electron chi connectivity index (χ0n) is 18.5. The zero-order chi connectivity index (χ0) is 23.2. The second-order valence-electron chi connectivity index (χ2n) is 7.81. The predicted molar refractivity (Wildman–Crippen MR) is 129 cm³/mol. The second-order valence-corrected chi connectivity index (χ2v) is 7.81. The molecule has 0 aliphatic rings. The van der Waals surface area contributed by atoms with E-state index in [0.717, 1.165) is 22.3 Å². The van der Waals surface area contributed by atoms with Crippen LogP contribution in [0.3, 0.4) is 0 Å². The maximum atomic E-state index is 13.2. The second kappa shape index (κ2) is 9.99. The van der Waals surface area contributed by atoms with Gasteiger partial charge in [0.15, 0.2) is 5.65 Å². The maximum Gasteiger partial charge on any atom is 0.232 e. The van der Waals surface area contributed by atoms with E-state index >= 15 is 0 Å². The minimum Gasteiger partial charge on any atom is -0.467 e. The fourth-order valence-electron chi connectivity index (χ4n) is 3.95. The molecule has 2 N–H and O–H groups in total. The van der Waals surface area contributed by atoms with E-state index in [-0.39, 0.29) is 11.8 Å². The first kappa shape index (κ1) is 21.4. The van der Waals surface area contributed by atoms with Crippen LogP contribution in [0.5, 0.6) is 0 Å². The average molecular weight is 453 g/mol. The highest BCUT2D eigenvalue weighted by atomic mass is 16.3. The van der Waals surface area contributed by atoms with E-state index in [1.54, 1.807) is 17.1 Å². The van der Waals surface area contributed by atoms with E-state index in [1.165, 1.54) is 6.33 Å². The molecule has 3 heterocycles. The maximum absolute atomic E-state index is 13.2. The number of furan rings is 1. The highest BCUT2D eigenvalue weighted by Gasteiger charge is 2.22. The van der Waals surface area contributed by atoms with Crippen molar-refractivity contribution in [2.24, 2.45) is 0 Å². The van der Waals surface area contributed by atoms with Gasteiger partial charge in [-0.1, -0.05) is 60.7 Å². The largest absolute Gasteiger partial charge is 0.467 e. The van der Waals surface area contributed by atoms with E-state index in [9.17, 15) is 4.79 Å². The number of carbonyl (C=O) groups is 1. The van der Waals surface area contributed by atoms with Gasteiger partial charge in [-0.15, -0.1) is 0 Å². The molecule has 0 spiro atoms. The van der Waals surface area contributed by atoms with Gasteiger partial charge in [-0.3, -0.25) is 4.79 Å². The smallest absolute Gasteiger partial charge is 0.232 e. The van der Waals surface area contributed by atoms with E-state index in [4.69, 9.17) is 4.42 Å². The Labute approximate surface area is 196 Å². The summed E-state index contributed by atoms with van der Waals surface area (Å²) in [5, 5.41) is 11.6. The van der Waals surface area contributed by atoms with Crippen LogP contribution in [0.25, 0.3) is 11.0 Å². The summed E-state index contributed by atoms with van der Waals surface area (Å²) >= 11 is 0. The fourth-order valence-corrected chi connectivity index (χ4v) is 3.95. The molecule has 0 aliphatic carbocycles. The Hall–Kier alpha value is -4.46. The Morgan fingerprint density at radius 2 is 1.68 bits per heavy atom. The summed E-state index contributed by atoms with van der Waals surface area (Å²) in [5.74, 6) is 1.07. The van der Waals surface area contributed by atoms with Gasteiger partial charge in [0.1, 0.15) is 17.9 Å². The topological polar surface area (TPSA) is 97.9 Å². The Balaban J connectivity index is 1.27. The summed E-state index contributed by atoms with van der Waals surface area (Å²) < 4.78 is 7.14. The van der Waals surface area contributed by atoms with Crippen molar-refractivity contribution >= 4 is 22.8 Å². The third-order valence-corrected chi connectivity index (χ3v) is 5.59.